The Bertz CT molecular complexity index is 866. The van der Waals surface area contributed by atoms with Crippen LogP contribution in [0.15, 0.2) is 41.8 Å². The van der Waals surface area contributed by atoms with Gasteiger partial charge in [-0.15, -0.1) is 0 Å². The Morgan fingerprint density at radius 3 is 2.77 bits per heavy atom. The molecule has 2 heterocycles. The van der Waals surface area contributed by atoms with Gasteiger partial charge < -0.3 is 19.7 Å². The SMILES string of the molecule is COCCCN1C(=O)C(O)=C(C(=O)C(C)C)C1c1c[nH]c2ccccc12. The molecule has 1 unspecified atom stereocenters. The summed E-state index contributed by atoms with van der Waals surface area (Å²) in [6, 6.07) is 7.14. The van der Waals surface area contributed by atoms with E-state index in [0.29, 0.717) is 19.6 Å². The van der Waals surface area contributed by atoms with E-state index < -0.39 is 17.7 Å². The molecule has 0 bridgehead atoms. The van der Waals surface area contributed by atoms with Crippen LogP contribution >= 0.6 is 0 Å². The van der Waals surface area contributed by atoms with Crippen LogP contribution in [0.2, 0.25) is 0 Å². The number of benzene rings is 1. The zero-order valence-corrected chi connectivity index (χ0v) is 15.3. The lowest BCUT2D eigenvalue weighted by Crippen LogP contribution is -2.32. The number of aliphatic hydroxyl groups excluding tert-OH is 1. The molecule has 26 heavy (non-hydrogen) atoms. The summed E-state index contributed by atoms with van der Waals surface area (Å²) in [5.74, 6) is -1.45. The molecule has 0 saturated heterocycles. The first-order valence-corrected chi connectivity index (χ1v) is 8.80. The number of aromatic nitrogens is 1. The van der Waals surface area contributed by atoms with Gasteiger partial charge in [-0.25, -0.2) is 0 Å². The number of hydrogen-bond donors (Lipinski definition) is 2. The van der Waals surface area contributed by atoms with Crippen LogP contribution in [-0.4, -0.2) is 46.9 Å². The molecule has 3 rings (SSSR count). The van der Waals surface area contributed by atoms with E-state index in [1.54, 1.807) is 25.9 Å². The molecule has 0 radical (unpaired) electrons. The molecule has 0 aliphatic carbocycles. The number of nitrogens with one attached hydrogen (secondary N) is 1. The maximum Gasteiger partial charge on any atom is 0.290 e. The second kappa shape index (κ2) is 7.33. The Labute approximate surface area is 152 Å². The fourth-order valence-electron chi connectivity index (χ4n) is 3.47. The normalized spacial score (nSPS) is 17.8. The molecule has 2 N–H and O–H groups in total. The number of H-pyrrole nitrogens is 1. The van der Waals surface area contributed by atoms with Gasteiger partial charge in [-0.05, 0) is 12.5 Å². The van der Waals surface area contributed by atoms with Gasteiger partial charge in [-0.1, -0.05) is 32.0 Å². The third kappa shape index (κ3) is 3.01. The van der Waals surface area contributed by atoms with Crippen LogP contribution in [-0.2, 0) is 14.3 Å². The lowest BCUT2D eigenvalue weighted by molar-refractivity contribution is -0.129. The second-order valence-electron chi connectivity index (χ2n) is 6.82. The highest BCUT2D eigenvalue weighted by atomic mass is 16.5. The summed E-state index contributed by atoms with van der Waals surface area (Å²) in [5, 5.41) is 11.4. The number of nitrogens with zero attached hydrogens (tertiary/aromatic N) is 1. The zero-order valence-electron chi connectivity index (χ0n) is 15.3. The number of amides is 1. The van der Waals surface area contributed by atoms with Crippen molar-refractivity contribution in [2.24, 2.45) is 5.92 Å². The van der Waals surface area contributed by atoms with Crippen molar-refractivity contribution in [1.29, 1.82) is 0 Å². The fraction of sp³-hybridized carbons (Fsp3) is 0.400. The number of Topliss-reactive ketones (excluding diaryl/α,β-unsaturated/α-hetero) is 1. The number of ketones is 1. The first-order valence-electron chi connectivity index (χ1n) is 8.80. The highest BCUT2D eigenvalue weighted by molar-refractivity contribution is 6.10. The number of carbonyl (C=O) groups excluding carboxylic acids is 2. The van der Waals surface area contributed by atoms with E-state index in [0.717, 1.165) is 16.5 Å². The van der Waals surface area contributed by atoms with Gasteiger partial charge in [0.25, 0.3) is 5.91 Å². The lowest BCUT2D eigenvalue weighted by atomic mass is 9.91. The first-order chi connectivity index (χ1) is 12.5. The molecule has 1 atom stereocenters. The topological polar surface area (TPSA) is 82.6 Å². The van der Waals surface area contributed by atoms with Gasteiger partial charge in [0.15, 0.2) is 11.5 Å². The quantitative estimate of drug-likeness (QED) is 0.747. The van der Waals surface area contributed by atoms with Gasteiger partial charge in [0, 0.05) is 48.8 Å². The standard InChI is InChI=1S/C20H24N2O4/c1-12(2)18(23)16-17(14-11-21-15-8-5-4-7-13(14)15)22(9-6-10-26-3)20(25)19(16)24/h4-5,7-8,11-12,17,21,24H,6,9-10H2,1-3H3. The van der Waals surface area contributed by atoms with E-state index in [-0.39, 0.29) is 17.3 Å². The van der Waals surface area contributed by atoms with E-state index in [4.69, 9.17) is 4.74 Å². The Morgan fingerprint density at radius 1 is 1.35 bits per heavy atom. The number of para-hydroxylation sites is 1. The molecule has 1 aliphatic heterocycles. The highest BCUT2D eigenvalue weighted by Crippen LogP contribution is 2.41. The number of methoxy groups -OCH3 is 1. The van der Waals surface area contributed by atoms with Gasteiger partial charge >= 0.3 is 0 Å². The van der Waals surface area contributed by atoms with Crippen molar-refractivity contribution in [3.8, 4) is 0 Å². The van der Waals surface area contributed by atoms with Crippen molar-refractivity contribution in [3.05, 3.63) is 47.4 Å². The predicted octanol–water partition coefficient (Wildman–Crippen LogP) is 3.12. The molecule has 6 nitrogen and oxygen atoms in total. The number of fused-ring (bicyclic) bond motifs is 1. The van der Waals surface area contributed by atoms with E-state index in [2.05, 4.69) is 4.98 Å². The molecule has 1 aromatic heterocycles. The summed E-state index contributed by atoms with van der Waals surface area (Å²) < 4.78 is 5.09. The van der Waals surface area contributed by atoms with Crippen molar-refractivity contribution >= 4 is 22.6 Å². The molecule has 0 fully saturated rings. The second-order valence-corrected chi connectivity index (χ2v) is 6.82. The smallest absolute Gasteiger partial charge is 0.290 e. The van der Waals surface area contributed by atoms with Crippen LogP contribution in [0.1, 0.15) is 31.9 Å². The third-order valence-electron chi connectivity index (χ3n) is 4.76. The molecule has 6 heteroatoms. The Balaban J connectivity index is 2.10. The van der Waals surface area contributed by atoms with E-state index in [1.807, 2.05) is 30.5 Å². The number of aliphatic hydroxyl groups is 1. The third-order valence-corrected chi connectivity index (χ3v) is 4.76. The van der Waals surface area contributed by atoms with Gasteiger partial charge in [-0.3, -0.25) is 9.59 Å². The summed E-state index contributed by atoms with van der Waals surface area (Å²) in [6.07, 6.45) is 2.44. The van der Waals surface area contributed by atoms with Gasteiger partial charge in [-0.2, -0.15) is 0 Å². The van der Waals surface area contributed by atoms with Crippen LogP contribution in [0.4, 0.5) is 0 Å². The van der Waals surface area contributed by atoms with Crippen molar-refractivity contribution in [3.63, 3.8) is 0 Å². The van der Waals surface area contributed by atoms with Crippen LogP contribution in [0.3, 0.4) is 0 Å². The highest BCUT2D eigenvalue weighted by Gasteiger charge is 2.44. The zero-order chi connectivity index (χ0) is 18.8. The predicted molar refractivity (Wildman–Crippen MR) is 98.7 cm³/mol. The van der Waals surface area contributed by atoms with E-state index in [1.165, 1.54) is 0 Å². The molecule has 2 aromatic rings. The van der Waals surface area contributed by atoms with Crippen molar-refractivity contribution in [2.45, 2.75) is 26.3 Å². The molecule has 1 aliphatic rings. The Kier molecular flexibility index (Phi) is 5.13. The summed E-state index contributed by atoms with van der Waals surface area (Å²) in [7, 11) is 1.60. The van der Waals surface area contributed by atoms with Crippen LogP contribution in [0.5, 0.6) is 0 Å². The molecular weight excluding hydrogens is 332 g/mol. The average Bonchev–Trinajstić information content (AvgIpc) is 3.15. The molecule has 0 saturated carbocycles. The van der Waals surface area contributed by atoms with Gasteiger partial charge in [0.1, 0.15) is 0 Å². The van der Waals surface area contributed by atoms with Crippen molar-refractivity contribution in [2.75, 3.05) is 20.3 Å². The van der Waals surface area contributed by atoms with E-state index >= 15 is 0 Å². The van der Waals surface area contributed by atoms with Crippen LogP contribution in [0, 0.1) is 5.92 Å². The molecule has 138 valence electrons. The number of rotatable bonds is 7. The van der Waals surface area contributed by atoms with Crippen LogP contribution in [0.25, 0.3) is 10.9 Å². The van der Waals surface area contributed by atoms with Crippen molar-refractivity contribution in [1.82, 2.24) is 9.88 Å². The van der Waals surface area contributed by atoms with Crippen LogP contribution < -0.4 is 0 Å². The molecule has 0 spiro atoms. The largest absolute Gasteiger partial charge is 0.503 e. The first kappa shape index (κ1) is 18.2. The minimum absolute atomic E-state index is 0.187. The summed E-state index contributed by atoms with van der Waals surface area (Å²) in [6.45, 7) is 4.44. The Morgan fingerprint density at radius 2 is 2.08 bits per heavy atom. The molecule has 1 amide bonds. The van der Waals surface area contributed by atoms with E-state index in [9.17, 15) is 14.7 Å². The molecule has 1 aromatic carbocycles. The number of carbonyl (C=O) groups is 2. The number of hydrogen-bond acceptors (Lipinski definition) is 4. The fourth-order valence-corrected chi connectivity index (χ4v) is 3.47. The lowest BCUT2D eigenvalue weighted by Gasteiger charge is -2.26. The number of aromatic amines is 1. The monoisotopic (exact) mass is 356 g/mol. The molecular formula is C20H24N2O4. The maximum absolute atomic E-state index is 12.8. The maximum atomic E-state index is 12.8. The minimum atomic E-state index is -0.592. The minimum Gasteiger partial charge on any atom is -0.503 e. The summed E-state index contributed by atoms with van der Waals surface area (Å²) >= 11 is 0. The average molecular weight is 356 g/mol. The summed E-state index contributed by atoms with van der Waals surface area (Å²) in [4.78, 5) is 30.2. The Hall–Kier alpha value is -2.60. The van der Waals surface area contributed by atoms with Gasteiger partial charge in [0.05, 0.1) is 11.6 Å². The van der Waals surface area contributed by atoms with Gasteiger partial charge in [0.2, 0.25) is 0 Å². The number of ether oxygens (including phenoxy) is 1. The summed E-state index contributed by atoms with van der Waals surface area (Å²) in [5.41, 5.74) is 1.93. The van der Waals surface area contributed by atoms with Crippen molar-refractivity contribution < 1.29 is 19.4 Å².